The van der Waals surface area contributed by atoms with E-state index in [1.165, 1.54) is 4.70 Å². The van der Waals surface area contributed by atoms with Crippen molar-refractivity contribution in [1.29, 1.82) is 0 Å². The number of rotatable bonds is 10. The van der Waals surface area contributed by atoms with E-state index in [1.807, 2.05) is 102 Å². The highest BCUT2D eigenvalue weighted by Gasteiger charge is 2.29. The molecule has 12 heteroatoms. The fourth-order valence-electron chi connectivity index (χ4n) is 18.7. The third kappa shape index (κ3) is 10.2. The maximum Gasteiger partial charge on any atom is 0.165 e. The minimum absolute atomic E-state index is 0.515. The lowest BCUT2D eigenvalue weighted by Crippen LogP contribution is -2.02. The Morgan fingerprint density at radius 3 is 1.39 bits per heavy atom. The van der Waals surface area contributed by atoms with E-state index in [0.717, 1.165) is 230 Å². The van der Waals surface area contributed by atoms with E-state index in [0.29, 0.717) is 40.5 Å². The van der Waals surface area contributed by atoms with E-state index >= 15 is 0 Å². The Labute approximate surface area is 685 Å². The van der Waals surface area contributed by atoms with Crippen LogP contribution in [0.15, 0.2) is 374 Å². The second-order valence-electron chi connectivity index (χ2n) is 30.9. The second-order valence-corrected chi connectivity index (χ2v) is 32.0. The van der Waals surface area contributed by atoms with Crippen LogP contribution in [0.4, 0.5) is 0 Å². The van der Waals surface area contributed by atoms with Gasteiger partial charge in [-0.3, -0.25) is 0 Å². The fourth-order valence-corrected chi connectivity index (χ4v) is 19.9. The van der Waals surface area contributed by atoms with Gasteiger partial charge in [0.15, 0.2) is 34.9 Å². The van der Waals surface area contributed by atoms with E-state index in [9.17, 15) is 0 Å². The Balaban J connectivity index is 0.638. The van der Waals surface area contributed by atoms with E-state index in [4.69, 9.17) is 52.0 Å². The molecule has 26 rings (SSSR count). The molecule has 0 spiro atoms. The number of furan rings is 5. The van der Waals surface area contributed by atoms with Crippen LogP contribution in [0.5, 0.6) is 0 Å². The first-order valence-electron chi connectivity index (χ1n) is 40.1. The zero-order valence-electron chi connectivity index (χ0n) is 63.6. The van der Waals surface area contributed by atoms with Crippen molar-refractivity contribution in [1.82, 2.24) is 29.9 Å². The Morgan fingerprint density at radius 2 is 0.633 bits per heavy atom. The van der Waals surface area contributed by atoms with Gasteiger partial charge in [0.05, 0.1) is 0 Å². The molecule has 8 heterocycles. The average molecular weight is 1550 g/mol. The van der Waals surface area contributed by atoms with Crippen LogP contribution in [0.3, 0.4) is 0 Å². The van der Waals surface area contributed by atoms with Gasteiger partial charge in [-0.05, 0) is 169 Å². The van der Waals surface area contributed by atoms with Crippen molar-refractivity contribution >= 4 is 174 Å². The molecule has 18 aromatic carbocycles. The summed E-state index contributed by atoms with van der Waals surface area (Å²) in [6, 6.07) is 123. The predicted molar refractivity (Wildman–Crippen MR) is 489 cm³/mol. The third-order valence-electron chi connectivity index (χ3n) is 24.2. The van der Waals surface area contributed by atoms with Gasteiger partial charge in [-0.1, -0.05) is 249 Å². The minimum atomic E-state index is 0.515. The lowest BCUT2D eigenvalue weighted by Gasteiger charge is -2.15. The molecular weight excluding hydrogens is 1490 g/mol. The molecule has 26 aromatic rings. The Bertz CT molecular complexity index is 8900. The summed E-state index contributed by atoms with van der Waals surface area (Å²) in [7, 11) is 0. The summed E-state index contributed by atoms with van der Waals surface area (Å²) in [4.78, 5) is 32.9. The number of fused-ring (bicyclic) bond motifs is 23. The van der Waals surface area contributed by atoms with Gasteiger partial charge in [0.25, 0.3) is 0 Å². The highest BCUT2D eigenvalue weighted by atomic mass is 32.1. The summed E-state index contributed by atoms with van der Waals surface area (Å²) in [6.07, 6.45) is 0. The first kappa shape index (κ1) is 66.3. The molecule has 0 aliphatic carbocycles. The maximum atomic E-state index is 7.18. The molecule has 8 aromatic heterocycles. The van der Waals surface area contributed by atoms with Gasteiger partial charge in [0, 0.05) is 118 Å². The second kappa shape index (κ2) is 25.7. The average Bonchev–Trinajstić information content (AvgIpc) is 1.55. The first-order valence-corrected chi connectivity index (χ1v) is 40.9. The van der Waals surface area contributed by atoms with Crippen molar-refractivity contribution in [3.8, 4) is 113 Å². The molecular formula is C108H58N6O5S. The standard InChI is InChI=1S/C108H58N6O5S/c1-2-18-59(19-3-1)61-38-42-63(43-39-61)103-110-106(78-29-15-34-89-94(78)75-25-9-12-32-85(75)116-89)114-108(113-103)100-74(50-53-92-98(100)76-26-10-13-33-86(76)117-92)72-28-17-37-93-95(72)77-49-46-62-41-44-65(55-80(62)102(77)120-93)66-47-51-88-83(56-66)96-82(57-67-22-6-7-23-70(67)101(96)119-88)73-27-14-35-90-97(73)99-79(30-16-36-91(99)118-90)107-111-104(68-45-40-60-20-4-5-21-64(60)54-68)109-105(112-107)69-48-52-87-81(58-69)71-24-8-11-31-84(71)115-87/h1-58H. The Morgan fingerprint density at radius 1 is 0.183 bits per heavy atom. The molecule has 0 unspecified atom stereocenters. The molecule has 0 radical (unpaired) electrons. The molecule has 11 nitrogen and oxygen atoms in total. The number of hydrogen-bond acceptors (Lipinski definition) is 12. The van der Waals surface area contributed by atoms with Crippen molar-refractivity contribution in [3.63, 3.8) is 0 Å². The van der Waals surface area contributed by atoms with E-state index in [1.54, 1.807) is 0 Å². The van der Waals surface area contributed by atoms with Gasteiger partial charge in [-0.15, -0.1) is 11.3 Å². The largest absolute Gasteiger partial charge is 0.456 e. The first-order chi connectivity index (χ1) is 59.4. The quantitative estimate of drug-likeness (QED) is 0.129. The van der Waals surface area contributed by atoms with Crippen molar-refractivity contribution < 1.29 is 22.1 Å². The van der Waals surface area contributed by atoms with Crippen LogP contribution in [-0.4, -0.2) is 29.9 Å². The van der Waals surface area contributed by atoms with Crippen LogP contribution in [0, 0.1) is 0 Å². The lowest BCUT2D eigenvalue weighted by molar-refractivity contribution is 0.668. The fraction of sp³-hybridized carbons (Fsp3) is 0. The van der Waals surface area contributed by atoms with Crippen LogP contribution in [-0.2, 0) is 0 Å². The van der Waals surface area contributed by atoms with Gasteiger partial charge in [0.1, 0.15) is 55.8 Å². The normalized spacial score (nSPS) is 12.2. The van der Waals surface area contributed by atoms with Gasteiger partial charge in [-0.25, -0.2) is 29.9 Å². The Kier molecular flexibility index (Phi) is 14.2. The number of aromatic nitrogens is 6. The van der Waals surface area contributed by atoms with Gasteiger partial charge in [0.2, 0.25) is 0 Å². The van der Waals surface area contributed by atoms with E-state index in [-0.39, 0.29) is 0 Å². The summed E-state index contributed by atoms with van der Waals surface area (Å²) in [5, 5.41) is 18.5. The van der Waals surface area contributed by atoms with Crippen LogP contribution >= 0.6 is 11.3 Å². The monoisotopic (exact) mass is 1550 g/mol. The molecule has 0 fully saturated rings. The summed E-state index contributed by atoms with van der Waals surface area (Å²) in [6.45, 7) is 0. The summed E-state index contributed by atoms with van der Waals surface area (Å²) in [5.41, 5.74) is 21.1. The summed E-state index contributed by atoms with van der Waals surface area (Å²) >= 11 is 1.82. The highest BCUT2D eigenvalue weighted by Crippen LogP contribution is 2.52. The molecule has 0 bridgehead atoms. The molecule has 120 heavy (non-hydrogen) atoms. The van der Waals surface area contributed by atoms with Crippen LogP contribution in [0.2, 0.25) is 0 Å². The van der Waals surface area contributed by atoms with Crippen LogP contribution < -0.4 is 0 Å². The van der Waals surface area contributed by atoms with Crippen molar-refractivity contribution in [2.24, 2.45) is 0 Å². The molecule has 0 atom stereocenters. The van der Waals surface area contributed by atoms with Crippen LogP contribution in [0.1, 0.15) is 0 Å². The number of nitrogens with zero attached hydrogens (tertiary/aromatic N) is 6. The van der Waals surface area contributed by atoms with Crippen molar-refractivity contribution in [2.45, 2.75) is 0 Å². The lowest BCUT2D eigenvalue weighted by atomic mass is 9.91. The number of benzene rings is 18. The van der Waals surface area contributed by atoms with E-state index < -0.39 is 0 Å². The zero-order valence-corrected chi connectivity index (χ0v) is 64.4. The Hall–Kier alpha value is -16.0. The van der Waals surface area contributed by atoms with Crippen molar-refractivity contribution in [2.75, 3.05) is 0 Å². The molecule has 556 valence electrons. The van der Waals surface area contributed by atoms with E-state index in [2.05, 4.69) is 261 Å². The summed E-state index contributed by atoms with van der Waals surface area (Å²) < 4.78 is 36.2. The molecule has 0 aliphatic heterocycles. The highest BCUT2D eigenvalue weighted by molar-refractivity contribution is 7.26. The molecule has 0 aliphatic rings. The number of para-hydroxylation sites is 3. The van der Waals surface area contributed by atoms with Gasteiger partial charge >= 0.3 is 0 Å². The summed E-state index contributed by atoms with van der Waals surface area (Å²) in [5.74, 6) is 3.18. The number of thiophene rings is 1. The van der Waals surface area contributed by atoms with Crippen molar-refractivity contribution in [3.05, 3.63) is 352 Å². The third-order valence-corrected chi connectivity index (χ3v) is 25.4. The number of hydrogen-bond donors (Lipinski definition) is 0. The minimum Gasteiger partial charge on any atom is -0.456 e. The molecule has 0 N–H and O–H groups in total. The van der Waals surface area contributed by atoms with Crippen LogP contribution in [0.25, 0.3) is 275 Å². The van der Waals surface area contributed by atoms with Gasteiger partial charge in [-0.2, -0.15) is 0 Å². The molecule has 0 saturated heterocycles. The topological polar surface area (TPSA) is 143 Å². The smallest absolute Gasteiger partial charge is 0.165 e. The SMILES string of the molecule is c1ccc(-c2ccc(-c3nc(-c4cccc5oc6ccccc6c45)nc(-c4c(-c5cccc6sc7c8cc(-c9ccc%10oc%11c%12ccccc%12cc(-c%12cccc%13oc%14cccc(-c%15nc(-c%16ccc%17ccccc%17c%16)nc(-c%16ccc%17oc%18ccccc%18c%17c%16)n%15)c%14c%12%13)c%11c%10c9)ccc8ccc7c56)ccc5oc6ccccc6c45)n3)cc2)cc1. The predicted octanol–water partition coefficient (Wildman–Crippen LogP) is 30.1. The van der Waals surface area contributed by atoms with Gasteiger partial charge < -0.3 is 22.1 Å². The molecule has 0 saturated carbocycles. The molecule has 0 amide bonds. The zero-order chi connectivity index (χ0) is 78.4. The maximum absolute atomic E-state index is 7.18.